The Balaban J connectivity index is 2.24. The molecule has 0 spiro atoms. The number of nitrogens with two attached hydrogens (primary N) is 1. The highest BCUT2D eigenvalue weighted by Gasteiger charge is 2.32. The molecule has 17 heavy (non-hydrogen) atoms. The van der Waals surface area contributed by atoms with Gasteiger partial charge in [0.25, 0.3) is 0 Å². The van der Waals surface area contributed by atoms with E-state index in [4.69, 9.17) is 15.6 Å². The van der Waals surface area contributed by atoms with Gasteiger partial charge < -0.3 is 15.6 Å². The second-order valence-electron chi connectivity index (χ2n) is 3.69. The third-order valence-electron chi connectivity index (χ3n) is 2.56. The van der Waals surface area contributed by atoms with Crippen molar-refractivity contribution in [1.82, 2.24) is 14.5 Å². The van der Waals surface area contributed by atoms with Crippen LogP contribution in [0.3, 0.4) is 0 Å². The number of H-pyrrole nitrogens is 1. The first-order valence-electron chi connectivity index (χ1n) is 5.07. The SMILES string of the molecule is Nc1[nH]ncc1S(=O)(=O)N1CCOC(CO)C1. The van der Waals surface area contributed by atoms with Crippen LogP contribution in [-0.4, -0.2) is 60.4 Å². The van der Waals surface area contributed by atoms with Gasteiger partial charge in [0.2, 0.25) is 10.0 Å². The summed E-state index contributed by atoms with van der Waals surface area (Å²) in [7, 11) is -3.67. The maximum Gasteiger partial charge on any atom is 0.248 e. The molecular weight excluding hydrogens is 248 g/mol. The molecule has 0 aromatic carbocycles. The summed E-state index contributed by atoms with van der Waals surface area (Å²) in [6.45, 7) is 0.391. The van der Waals surface area contributed by atoms with E-state index >= 15 is 0 Å². The highest BCUT2D eigenvalue weighted by atomic mass is 32.2. The minimum atomic E-state index is -3.67. The number of ether oxygens (including phenoxy) is 1. The zero-order valence-electron chi connectivity index (χ0n) is 9.04. The van der Waals surface area contributed by atoms with Crippen LogP contribution in [-0.2, 0) is 14.8 Å². The molecule has 1 aromatic heterocycles. The van der Waals surface area contributed by atoms with Crippen LogP contribution in [0.25, 0.3) is 0 Å². The summed E-state index contributed by atoms with van der Waals surface area (Å²) in [6.07, 6.45) is 0.681. The van der Waals surface area contributed by atoms with Gasteiger partial charge in [-0.15, -0.1) is 0 Å². The first-order valence-corrected chi connectivity index (χ1v) is 6.51. The molecule has 8 nitrogen and oxygen atoms in total. The van der Waals surface area contributed by atoms with Crippen LogP contribution in [0.4, 0.5) is 5.82 Å². The minimum absolute atomic E-state index is 0.0111. The van der Waals surface area contributed by atoms with Gasteiger partial charge in [-0.2, -0.15) is 9.40 Å². The molecule has 1 saturated heterocycles. The van der Waals surface area contributed by atoms with Crippen LogP contribution < -0.4 is 5.73 Å². The molecule has 9 heteroatoms. The van der Waals surface area contributed by atoms with Gasteiger partial charge in [0, 0.05) is 13.1 Å². The third kappa shape index (κ3) is 2.27. The van der Waals surface area contributed by atoms with Crippen molar-refractivity contribution in [2.45, 2.75) is 11.0 Å². The van der Waals surface area contributed by atoms with Gasteiger partial charge in [-0.1, -0.05) is 0 Å². The summed E-state index contributed by atoms with van der Waals surface area (Å²) in [5.41, 5.74) is 5.50. The quantitative estimate of drug-likeness (QED) is 0.601. The summed E-state index contributed by atoms with van der Waals surface area (Å²) in [6, 6.07) is 0. The topological polar surface area (TPSA) is 122 Å². The van der Waals surface area contributed by atoms with Crippen molar-refractivity contribution in [1.29, 1.82) is 0 Å². The predicted molar refractivity (Wildman–Crippen MR) is 58.6 cm³/mol. The molecule has 1 aliphatic heterocycles. The third-order valence-corrected chi connectivity index (χ3v) is 4.45. The zero-order chi connectivity index (χ0) is 12.5. The van der Waals surface area contributed by atoms with Gasteiger partial charge in [-0.25, -0.2) is 8.42 Å². The second-order valence-corrected chi connectivity index (χ2v) is 5.59. The Morgan fingerprint density at radius 1 is 1.71 bits per heavy atom. The Labute approximate surface area is 98.4 Å². The zero-order valence-corrected chi connectivity index (χ0v) is 9.85. The number of hydrogen-bond acceptors (Lipinski definition) is 6. The Morgan fingerprint density at radius 3 is 3.06 bits per heavy atom. The van der Waals surface area contributed by atoms with Crippen molar-refractivity contribution in [3.8, 4) is 0 Å². The number of rotatable bonds is 3. The van der Waals surface area contributed by atoms with E-state index in [0.29, 0.717) is 0 Å². The molecule has 1 fully saturated rings. The van der Waals surface area contributed by atoms with Gasteiger partial charge in [0.05, 0.1) is 25.5 Å². The van der Waals surface area contributed by atoms with Gasteiger partial charge in [-0.3, -0.25) is 5.10 Å². The van der Waals surface area contributed by atoms with Gasteiger partial charge >= 0.3 is 0 Å². The molecule has 0 bridgehead atoms. The Hall–Kier alpha value is -1.16. The monoisotopic (exact) mass is 262 g/mol. The van der Waals surface area contributed by atoms with Crippen LogP contribution in [0.15, 0.2) is 11.1 Å². The van der Waals surface area contributed by atoms with E-state index in [9.17, 15) is 8.42 Å². The van der Waals surface area contributed by atoms with E-state index in [1.54, 1.807) is 0 Å². The smallest absolute Gasteiger partial charge is 0.248 e. The molecule has 1 aromatic rings. The van der Waals surface area contributed by atoms with Crippen LogP contribution in [0.5, 0.6) is 0 Å². The molecule has 1 aliphatic rings. The molecule has 2 rings (SSSR count). The molecule has 1 unspecified atom stereocenters. The maximum atomic E-state index is 12.2. The molecule has 0 aliphatic carbocycles. The van der Waals surface area contributed by atoms with Crippen molar-refractivity contribution in [2.75, 3.05) is 32.0 Å². The number of nitrogens with one attached hydrogen (secondary N) is 1. The summed E-state index contributed by atoms with van der Waals surface area (Å²) in [4.78, 5) is -0.0453. The summed E-state index contributed by atoms with van der Waals surface area (Å²) < 4.78 is 30.8. The van der Waals surface area contributed by atoms with Crippen molar-refractivity contribution < 1.29 is 18.3 Å². The predicted octanol–water partition coefficient (Wildman–Crippen LogP) is -1.63. The Kier molecular flexibility index (Phi) is 3.33. The van der Waals surface area contributed by atoms with E-state index < -0.39 is 16.1 Å². The van der Waals surface area contributed by atoms with E-state index in [0.717, 1.165) is 0 Å². The molecular formula is C8H14N4O4S. The number of anilines is 1. The molecule has 4 N–H and O–H groups in total. The highest BCUT2D eigenvalue weighted by Crippen LogP contribution is 2.21. The lowest BCUT2D eigenvalue weighted by atomic mass is 10.3. The van der Waals surface area contributed by atoms with Crippen molar-refractivity contribution in [3.63, 3.8) is 0 Å². The minimum Gasteiger partial charge on any atom is -0.394 e. The van der Waals surface area contributed by atoms with E-state index in [1.165, 1.54) is 10.5 Å². The van der Waals surface area contributed by atoms with Gasteiger partial charge in [0.15, 0.2) is 0 Å². The summed E-state index contributed by atoms with van der Waals surface area (Å²) >= 11 is 0. The molecule has 96 valence electrons. The van der Waals surface area contributed by atoms with Gasteiger partial charge in [0.1, 0.15) is 10.7 Å². The number of nitrogen functional groups attached to an aromatic ring is 1. The fourth-order valence-electron chi connectivity index (χ4n) is 1.65. The highest BCUT2D eigenvalue weighted by molar-refractivity contribution is 7.89. The summed E-state index contributed by atoms with van der Waals surface area (Å²) in [5.74, 6) is 0.0111. The molecule has 0 radical (unpaired) electrons. The average molecular weight is 262 g/mol. The number of aliphatic hydroxyl groups excluding tert-OH is 1. The van der Waals surface area contributed by atoms with Crippen LogP contribution in [0.1, 0.15) is 0 Å². The van der Waals surface area contributed by atoms with Gasteiger partial charge in [-0.05, 0) is 0 Å². The van der Waals surface area contributed by atoms with Crippen LogP contribution >= 0.6 is 0 Å². The normalized spacial score (nSPS) is 22.8. The fourth-order valence-corrected chi connectivity index (χ4v) is 3.12. The first kappa shape index (κ1) is 12.3. The summed E-state index contributed by atoms with van der Waals surface area (Å²) in [5, 5.41) is 14.9. The number of sulfonamides is 1. The molecule has 0 amide bonds. The molecule has 1 atom stereocenters. The Morgan fingerprint density at radius 2 is 2.47 bits per heavy atom. The van der Waals surface area contributed by atoms with E-state index in [2.05, 4.69) is 10.2 Å². The van der Waals surface area contributed by atoms with Crippen LogP contribution in [0.2, 0.25) is 0 Å². The number of aromatic nitrogens is 2. The average Bonchev–Trinajstić information content (AvgIpc) is 2.76. The number of nitrogens with zero attached hydrogens (tertiary/aromatic N) is 2. The van der Waals surface area contributed by atoms with Crippen molar-refractivity contribution in [3.05, 3.63) is 6.20 Å². The number of hydrogen-bond donors (Lipinski definition) is 3. The number of morpholine rings is 1. The lowest BCUT2D eigenvalue weighted by Crippen LogP contribution is -2.46. The van der Waals surface area contributed by atoms with E-state index in [-0.39, 0.29) is 37.0 Å². The molecule has 2 heterocycles. The van der Waals surface area contributed by atoms with Crippen molar-refractivity contribution >= 4 is 15.8 Å². The molecule has 0 saturated carbocycles. The largest absolute Gasteiger partial charge is 0.394 e. The van der Waals surface area contributed by atoms with Crippen LogP contribution in [0, 0.1) is 0 Å². The fraction of sp³-hybridized carbons (Fsp3) is 0.625. The Bertz CT molecular complexity index is 485. The number of aromatic amines is 1. The van der Waals surface area contributed by atoms with Crippen molar-refractivity contribution in [2.24, 2.45) is 0 Å². The van der Waals surface area contributed by atoms with E-state index in [1.807, 2.05) is 0 Å². The lowest BCUT2D eigenvalue weighted by molar-refractivity contribution is -0.0304. The first-order chi connectivity index (χ1) is 8.05. The lowest BCUT2D eigenvalue weighted by Gasteiger charge is -2.30. The number of aliphatic hydroxyl groups is 1. The second kappa shape index (κ2) is 4.61. The maximum absolute atomic E-state index is 12.2. The standard InChI is InChI=1S/C8H14N4O4S/c9-8-7(3-10-11-8)17(14,15)12-1-2-16-6(4-12)5-13/h3,6,13H,1-2,4-5H2,(H3,9,10,11).